The maximum absolute atomic E-state index is 5.97. The molecule has 2 aromatic rings. The number of aromatic nitrogens is 2. The molecule has 1 aliphatic heterocycles. The standard InChI is InChI=1S/C16H20ClN5/c17-14-10-15(21-16(18)20-14)19-13(11-22-8-4-5-9-22)12-6-2-1-3-7-12/h1-3,6-7,10,13H,4-5,8-9,11H2,(H3,18,19,20,21). The molecule has 0 bridgehead atoms. The molecule has 22 heavy (non-hydrogen) atoms. The van der Waals surface area contributed by atoms with Crippen molar-refractivity contribution in [1.29, 1.82) is 0 Å². The summed E-state index contributed by atoms with van der Waals surface area (Å²) in [5.41, 5.74) is 6.91. The number of nitrogen functional groups attached to an aromatic ring is 1. The molecule has 116 valence electrons. The first-order valence-corrected chi connectivity index (χ1v) is 7.92. The van der Waals surface area contributed by atoms with Crippen molar-refractivity contribution in [2.75, 3.05) is 30.7 Å². The second-order valence-corrected chi connectivity index (χ2v) is 5.94. The van der Waals surface area contributed by atoms with E-state index in [0.717, 1.165) is 19.6 Å². The Hall–Kier alpha value is -1.85. The van der Waals surface area contributed by atoms with E-state index >= 15 is 0 Å². The molecule has 3 rings (SSSR count). The highest BCUT2D eigenvalue weighted by Crippen LogP contribution is 2.23. The average Bonchev–Trinajstić information content (AvgIpc) is 2.99. The highest BCUT2D eigenvalue weighted by atomic mass is 35.5. The van der Waals surface area contributed by atoms with Crippen molar-refractivity contribution in [2.24, 2.45) is 0 Å². The van der Waals surface area contributed by atoms with Crippen molar-refractivity contribution in [1.82, 2.24) is 14.9 Å². The Morgan fingerprint density at radius 3 is 2.59 bits per heavy atom. The van der Waals surface area contributed by atoms with E-state index in [0.29, 0.717) is 11.0 Å². The van der Waals surface area contributed by atoms with E-state index in [1.54, 1.807) is 6.07 Å². The number of anilines is 2. The number of benzene rings is 1. The van der Waals surface area contributed by atoms with Crippen LogP contribution in [0.15, 0.2) is 36.4 Å². The summed E-state index contributed by atoms with van der Waals surface area (Å²) >= 11 is 5.97. The fourth-order valence-electron chi connectivity index (χ4n) is 2.83. The van der Waals surface area contributed by atoms with Gasteiger partial charge in [0.05, 0.1) is 6.04 Å². The van der Waals surface area contributed by atoms with Crippen molar-refractivity contribution in [3.8, 4) is 0 Å². The summed E-state index contributed by atoms with van der Waals surface area (Å²) in [7, 11) is 0. The molecule has 1 saturated heterocycles. The molecule has 0 radical (unpaired) electrons. The van der Waals surface area contributed by atoms with Gasteiger partial charge in [0.15, 0.2) is 0 Å². The van der Waals surface area contributed by atoms with Crippen molar-refractivity contribution in [2.45, 2.75) is 18.9 Å². The van der Waals surface area contributed by atoms with Crippen molar-refractivity contribution in [3.63, 3.8) is 0 Å². The zero-order chi connectivity index (χ0) is 15.4. The summed E-state index contributed by atoms with van der Waals surface area (Å²) in [6, 6.07) is 12.2. The first kappa shape index (κ1) is 15.1. The van der Waals surface area contributed by atoms with Crippen molar-refractivity contribution >= 4 is 23.4 Å². The van der Waals surface area contributed by atoms with E-state index < -0.39 is 0 Å². The first-order chi connectivity index (χ1) is 10.7. The minimum absolute atomic E-state index is 0.143. The van der Waals surface area contributed by atoms with Crippen LogP contribution in [0.3, 0.4) is 0 Å². The van der Waals surface area contributed by atoms with Gasteiger partial charge in [-0.25, -0.2) is 4.98 Å². The number of hydrogen-bond donors (Lipinski definition) is 2. The second kappa shape index (κ2) is 6.94. The van der Waals surface area contributed by atoms with Crippen LogP contribution in [0.1, 0.15) is 24.4 Å². The van der Waals surface area contributed by atoms with E-state index in [4.69, 9.17) is 17.3 Å². The third-order valence-corrected chi connectivity index (χ3v) is 4.07. The van der Waals surface area contributed by atoms with E-state index in [9.17, 15) is 0 Å². The van der Waals surface area contributed by atoms with Gasteiger partial charge in [-0.2, -0.15) is 4.98 Å². The van der Waals surface area contributed by atoms with Gasteiger partial charge in [0.1, 0.15) is 11.0 Å². The fraction of sp³-hybridized carbons (Fsp3) is 0.375. The Balaban J connectivity index is 1.81. The highest BCUT2D eigenvalue weighted by Gasteiger charge is 2.19. The van der Waals surface area contributed by atoms with E-state index in [2.05, 4.69) is 44.5 Å². The minimum Gasteiger partial charge on any atom is -0.368 e. The number of nitrogens with two attached hydrogens (primary N) is 1. The van der Waals surface area contributed by atoms with Crippen LogP contribution in [-0.2, 0) is 0 Å². The number of nitrogens with one attached hydrogen (secondary N) is 1. The normalized spacial score (nSPS) is 16.6. The van der Waals surface area contributed by atoms with Gasteiger partial charge in [0.2, 0.25) is 5.95 Å². The molecule has 6 heteroatoms. The second-order valence-electron chi connectivity index (χ2n) is 5.55. The van der Waals surface area contributed by atoms with Gasteiger partial charge in [-0.05, 0) is 31.5 Å². The van der Waals surface area contributed by atoms with Crippen LogP contribution in [-0.4, -0.2) is 34.5 Å². The monoisotopic (exact) mass is 317 g/mol. The fourth-order valence-corrected chi connectivity index (χ4v) is 3.02. The van der Waals surface area contributed by atoms with Crippen LogP contribution in [0.2, 0.25) is 5.15 Å². The quantitative estimate of drug-likeness (QED) is 0.830. The van der Waals surface area contributed by atoms with Gasteiger partial charge in [-0.1, -0.05) is 41.9 Å². The topological polar surface area (TPSA) is 67.1 Å². The molecule has 1 aliphatic rings. The lowest BCUT2D eigenvalue weighted by Crippen LogP contribution is -2.29. The van der Waals surface area contributed by atoms with Crippen LogP contribution in [0.25, 0.3) is 0 Å². The summed E-state index contributed by atoms with van der Waals surface area (Å²) in [6.07, 6.45) is 2.54. The van der Waals surface area contributed by atoms with Gasteiger partial charge in [0, 0.05) is 12.6 Å². The highest BCUT2D eigenvalue weighted by molar-refractivity contribution is 6.29. The van der Waals surface area contributed by atoms with Crippen LogP contribution in [0.5, 0.6) is 0 Å². The summed E-state index contributed by atoms with van der Waals surface area (Å²) < 4.78 is 0. The molecule has 1 fully saturated rings. The van der Waals surface area contributed by atoms with Gasteiger partial charge in [-0.15, -0.1) is 0 Å². The Bertz CT molecular complexity index is 593. The van der Waals surface area contributed by atoms with Crippen LogP contribution < -0.4 is 11.1 Å². The molecular formula is C16H20ClN5. The zero-order valence-electron chi connectivity index (χ0n) is 12.4. The Kier molecular flexibility index (Phi) is 4.75. The van der Waals surface area contributed by atoms with Crippen LogP contribution in [0, 0.1) is 0 Å². The van der Waals surface area contributed by atoms with Gasteiger partial charge in [0.25, 0.3) is 0 Å². The predicted molar refractivity (Wildman–Crippen MR) is 89.9 cm³/mol. The van der Waals surface area contributed by atoms with Gasteiger partial charge in [-0.3, -0.25) is 0 Å². The maximum atomic E-state index is 5.97. The van der Waals surface area contributed by atoms with Crippen molar-refractivity contribution in [3.05, 3.63) is 47.1 Å². The molecule has 0 amide bonds. The minimum atomic E-state index is 0.143. The van der Waals surface area contributed by atoms with Crippen LogP contribution >= 0.6 is 11.6 Å². The lowest BCUT2D eigenvalue weighted by molar-refractivity contribution is 0.323. The largest absolute Gasteiger partial charge is 0.368 e. The zero-order valence-corrected chi connectivity index (χ0v) is 13.1. The number of rotatable bonds is 5. The molecule has 2 heterocycles. The molecule has 1 atom stereocenters. The summed E-state index contributed by atoms with van der Waals surface area (Å²) in [5.74, 6) is 0.841. The molecular weight excluding hydrogens is 298 g/mol. The van der Waals surface area contributed by atoms with Gasteiger partial charge < -0.3 is 16.0 Å². The number of hydrogen-bond acceptors (Lipinski definition) is 5. The SMILES string of the molecule is Nc1nc(Cl)cc(NC(CN2CCCC2)c2ccccc2)n1. The lowest BCUT2D eigenvalue weighted by Gasteiger charge is -2.25. The molecule has 0 spiro atoms. The molecule has 1 aromatic heterocycles. The smallest absolute Gasteiger partial charge is 0.223 e. The Morgan fingerprint density at radius 1 is 1.18 bits per heavy atom. The van der Waals surface area contributed by atoms with Crippen molar-refractivity contribution < 1.29 is 0 Å². The Morgan fingerprint density at radius 2 is 1.91 bits per heavy atom. The average molecular weight is 318 g/mol. The molecule has 3 N–H and O–H groups in total. The number of halogens is 1. The molecule has 5 nitrogen and oxygen atoms in total. The van der Waals surface area contributed by atoms with E-state index in [1.165, 1.54) is 18.4 Å². The maximum Gasteiger partial charge on any atom is 0.223 e. The Labute approximate surface area is 135 Å². The molecule has 0 aliphatic carbocycles. The summed E-state index contributed by atoms with van der Waals surface area (Å²) in [6.45, 7) is 3.24. The lowest BCUT2D eigenvalue weighted by atomic mass is 10.1. The number of likely N-dealkylation sites (tertiary alicyclic amines) is 1. The third kappa shape index (κ3) is 3.87. The molecule has 1 aromatic carbocycles. The summed E-state index contributed by atoms with van der Waals surface area (Å²) in [4.78, 5) is 10.6. The summed E-state index contributed by atoms with van der Waals surface area (Å²) in [5, 5.41) is 3.80. The predicted octanol–water partition coefficient (Wildman–Crippen LogP) is 2.96. The molecule has 1 unspecified atom stereocenters. The number of nitrogens with zero attached hydrogens (tertiary/aromatic N) is 3. The van der Waals surface area contributed by atoms with Crippen LogP contribution in [0.4, 0.5) is 11.8 Å². The third-order valence-electron chi connectivity index (χ3n) is 3.88. The van der Waals surface area contributed by atoms with E-state index in [-0.39, 0.29) is 12.0 Å². The first-order valence-electron chi connectivity index (χ1n) is 7.54. The van der Waals surface area contributed by atoms with Gasteiger partial charge >= 0.3 is 0 Å². The molecule has 0 saturated carbocycles. The van der Waals surface area contributed by atoms with E-state index in [1.807, 2.05) is 6.07 Å².